The third kappa shape index (κ3) is 5.49. The summed E-state index contributed by atoms with van der Waals surface area (Å²) in [6, 6.07) is 18.9. The minimum atomic E-state index is -0.193. The predicted molar refractivity (Wildman–Crippen MR) is 110 cm³/mol. The summed E-state index contributed by atoms with van der Waals surface area (Å²) in [5.74, 6) is 1.19. The number of hydrogen-bond acceptors (Lipinski definition) is 5. The number of ether oxygens (including phenoxy) is 1. The lowest BCUT2D eigenvalue weighted by Gasteiger charge is -2.09. The average molecular weight is 379 g/mol. The Morgan fingerprint density at radius 2 is 1.93 bits per heavy atom. The molecule has 2 N–H and O–H groups in total. The van der Waals surface area contributed by atoms with Crippen molar-refractivity contribution in [3.8, 4) is 5.75 Å². The Morgan fingerprint density at radius 3 is 2.63 bits per heavy atom. The van der Waals surface area contributed by atoms with Gasteiger partial charge in [-0.1, -0.05) is 12.1 Å². The van der Waals surface area contributed by atoms with Crippen LogP contribution >= 0.6 is 11.9 Å². The summed E-state index contributed by atoms with van der Waals surface area (Å²) < 4.78 is 8.70. The fourth-order valence-electron chi connectivity index (χ4n) is 2.34. The maximum absolute atomic E-state index is 12.4. The number of rotatable bonds is 7. The van der Waals surface area contributed by atoms with E-state index in [1.807, 2.05) is 62.4 Å². The van der Waals surface area contributed by atoms with Gasteiger partial charge in [0.1, 0.15) is 11.6 Å². The van der Waals surface area contributed by atoms with Crippen molar-refractivity contribution >= 4 is 29.4 Å². The maximum atomic E-state index is 12.4. The number of aromatic nitrogens is 1. The first-order valence-electron chi connectivity index (χ1n) is 8.64. The molecule has 0 spiro atoms. The van der Waals surface area contributed by atoms with Gasteiger partial charge in [-0.3, -0.25) is 4.79 Å². The zero-order valence-corrected chi connectivity index (χ0v) is 16.0. The highest BCUT2D eigenvalue weighted by molar-refractivity contribution is 8.00. The second-order valence-electron chi connectivity index (χ2n) is 5.86. The van der Waals surface area contributed by atoms with Crippen LogP contribution in [0, 0.1) is 6.92 Å². The number of amides is 1. The molecule has 0 aliphatic heterocycles. The molecule has 3 aromatic rings. The fraction of sp³-hybridized carbons (Fsp3) is 0.143. The smallest absolute Gasteiger partial charge is 0.256 e. The van der Waals surface area contributed by atoms with E-state index in [-0.39, 0.29) is 5.91 Å². The van der Waals surface area contributed by atoms with E-state index in [1.54, 1.807) is 18.3 Å². The molecule has 0 saturated heterocycles. The second kappa shape index (κ2) is 9.09. The van der Waals surface area contributed by atoms with Crippen molar-refractivity contribution in [3.05, 3.63) is 78.0 Å². The lowest BCUT2D eigenvalue weighted by atomic mass is 10.2. The van der Waals surface area contributed by atoms with E-state index in [4.69, 9.17) is 4.74 Å². The van der Waals surface area contributed by atoms with Crippen LogP contribution in [-0.2, 0) is 0 Å². The Morgan fingerprint density at radius 1 is 1.11 bits per heavy atom. The molecule has 0 bridgehead atoms. The summed E-state index contributed by atoms with van der Waals surface area (Å²) in [5.41, 5.74) is 2.46. The summed E-state index contributed by atoms with van der Waals surface area (Å²) in [6.07, 6.45) is 1.72. The predicted octanol–water partition coefficient (Wildman–Crippen LogP) is 5.16. The molecule has 1 aromatic heterocycles. The number of carbonyl (C=O) groups is 1. The monoisotopic (exact) mass is 379 g/mol. The Hall–Kier alpha value is -2.99. The Labute approximate surface area is 163 Å². The molecule has 0 atom stereocenters. The summed E-state index contributed by atoms with van der Waals surface area (Å²) in [7, 11) is 0. The second-order valence-corrected chi connectivity index (χ2v) is 6.74. The number of nitrogens with one attached hydrogen (secondary N) is 2. The molecule has 6 heteroatoms. The van der Waals surface area contributed by atoms with Crippen LogP contribution < -0.4 is 14.8 Å². The van der Waals surface area contributed by atoms with Crippen molar-refractivity contribution in [2.24, 2.45) is 0 Å². The van der Waals surface area contributed by atoms with Crippen molar-refractivity contribution in [1.82, 2.24) is 4.98 Å². The van der Waals surface area contributed by atoms with Crippen LogP contribution in [0.15, 0.2) is 71.8 Å². The molecule has 1 amide bonds. The van der Waals surface area contributed by atoms with Crippen LogP contribution in [0.2, 0.25) is 0 Å². The molecule has 3 rings (SSSR count). The first-order valence-corrected chi connectivity index (χ1v) is 9.45. The lowest BCUT2D eigenvalue weighted by molar-refractivity contribution is 0.102. The van der Waals surface area contributed by atoms with Crippen LogP contribution in [0.1, 0.15) is 22.8 Å². The summed E-state index contributed by atoms with van der Waals surface area (Å²) in [6.45, 7) is 4.57. The number of anilines is 2. The number of aryl methyl sites for hydroxylation is 1. The quantitative estimate of drug-likeness (QED) is 0.555. The van der Waals surface area contributed by atoms with Crippen molar-refractivity contribution in [2.45, 2.75) is 18.7 Å². The lowest BCUT2D eigenvalue weighted by Crippen LogP contribution is -2.13. The molecule has 27 heavy (non-hydrogen) atoms. The van der Waals surface area contributed by atoms with Crippen LogP contribution in [0.3, 0.4) is 0 Å². The maximum Gasteiger partial charge on any atom is 0.256 e. The van der Waals surface area contributed by atoms with Gasteiger partial charge in [0.2, 0.25) is 0 Å². The van der Waals surface area contributed by atoms with E-state index in [1.165, 1.54) is 11.9 Å². The third-order valence-electron chi connectivity index (χ3n) is 3.70. The molecule has 0 aliphatic carbocycles. The first-order chi connectivity index (χ1) is 13.1. The summed E-state index contributed by atoms with van der Waals surface area (Å²) >= 11 is 1.48. The zero-order chi connectivity index (χ0) is 19.1. The molecular formula is C21H21N3O2S. The highest BCUT2D eigenvalue weighted by atomic mass is 32.2. The fourth-order valence-corrected chi connectivity index (χ4v) is 2.98. The zero-order valence-electron chi connectivity index (χ0n) is 15.2. The molecular weight excluding hydrogens is 358 g/mol. The molecule has 0 fully saturated rings. The average Bonchev–Trinajstić information content (AvgIpc) is 2.70. The van der Waals surface area contributed by atoms with Crippen LogP contribution in [0.25, 0.3) is 0 Å². The van der Waals surface area contributed by atoms with E-state index in [9.17, 15) is 4.79 Å². The van der Waals surface area contributed by atoms with Crippen molar-refractivity contribution in [1.29, 1.82) is 0 Å². The standard InChI is InChI=1S/C21H21N3O2S/c1-3-26-18-8-10-19(11-9-18)27-24-17-6-4-5-16(13-17)21(25)23-20-12-7-15(2)14-22-20/h4-14,24H,3H2,1-2H3,(H,22,23,25). The van der Waals surface area contributed by atoms with Gasteiger partial charge in [-0.2, -0.15) is 0 Å². The van der Waals surface area contributed by atoms with Crippen LogP contribution in [0.5, 0.6) is 5.75 Å². The highest BCUT2D eigenvalue weighted by Gasteiger charge is 2.08. The molecule has 5 nitrogen and oxygen atoms in total. The molecule has 2 aromatic carbocycles. The Bertz CT molecular complexity index is 896. The van der Waals surface area contributed by atoms with E-state index in [0.717, 1.165) is 21.9 Å². The van der Waals surface area contributed by atoms with Crippen molar-refractivity contribution in [3.63, 3.8) is 0 Å². The normalized spacial score (nSPS) is 10.3. The largest absolute Gasteiger partial charge is 0.494 e. The van der Waals surface area contributed by atoms with E-state index >= 15 is 0 Å². The van der Waals surface area contributed by atoms with E-state index in [2.05, 4.69) is 15.0 Å². The minimum Gasteiger partial charge on any atom is -0.494 e. The first kappa shape index (κ1) is 18.8. The molecule has 0 unspecified atom stereocenters. The molecule has 138 valence electrons. The molecule has 0 aliphatic rings. The minimum absolute atomic E-state index is 0.193. The number of hydrogen-bond donors (Lipinski definition) is 2. The Balaban J connectivity index is 1.61. The van der Waals surface area contributed by atoms with Gasteiger partial charge in [0.15, 0.2) is 0 Å². The summed E-state index contributed by atoms with van der Waals surface area (Å²) in [5, 5.41) is 2.81. The van der Waals surface area contributed by atoms with Gasteiger partial charge >= 0.3 is 0 Å². The number of nitrogens with zero attached hydrogens (tertiary/aromatic N) is 1. The van der Waals surface area contributed by atoms with E-state index in [0.29, 0.717) is 18.0 Å². The molecule has 0 radical (unpaired) electrons. The van der Waals surface area contributed by atoms with Gasteiger partial charge in [-0.05, 0) is 79.9 Å². The van der Waals surface area contributed by atoms with Crippen LogP contribution in [0.4, 0.5) is 11.5 Å². The number of benzene rings is 2. The van der Waals surface area contributed by atoms with Gasteiger partial charge in [0.05, 0.1) is 6.61 Å². The van der Waals surface area contributed by atoms with Gasteiger partial charge in [0.25, 0.3) is 5.91 Å². The number of carbonyl (C=O) groups excluding carboxylic acids is 1. The number of pyridine rings is 1. The van der Waals surface area contributed by atoms with E-state index < -0.39 is 0 Å². The Kier molecular flexibility index (Phi) is 6.33. The van der Waals surface area contributed by atoms with Gasteiger partial charge in [0, 0.05) is 22.3 Å². The molecule has 1 heterocycles. The topological polar surface area (TPSA) is 63.2 Å². The van der Waals surface area contributed by atoms with Gasteiger partial charge in [-0.15, -0.1) is 0 Å². The van der Waals surface area contributed by atoms with Crippen molar-refractivity contribution in [2.75, 3.05) is 16.6 Å². The van der Waals surface area contributed by atoms with Crippen molar-refractivity contribution < 1.29 is 9.53 Å². The summed E-state index contributed by atoms with van der Waals surface area (Å²) in [4.78, 5) is 17.7. The third-order valence-corrected chi connectivity index (χ3v) is 4.54. The highest BCUT2D eigenvalue weighted by Crippen LogP contribution is 2.24. The van der Waals surface area contributed by atoms with Gasteiger partial charge in [-0.25, -0.2) is 4.98 Å². The van der Waals surface area contributed by atoms with Gasteiger partial charge < -0.3 is 14.8 Å². The van der Waals surface area contributed by atoms with Crippen LogP contribution in [-0.4, -0.2) is 17.5 Å². The SMILES string of the molecule is CCOc1ccc(SNc2cccc(C(=O)Nc3ccc(C)cn3)c2)cc1. The molecule has 0 saturated carbocycles.